The maximum absolute atomic E-state index is 12.8. The first kappa shape index (κ1) is 15.4. The van der Waals surface area contributed by atoms with Crippen LogP contribution in [0.4, 0.5) is 0 Å². The zero-order valence-corrected chi connectivity index (χ0v) is 15.4. The van der Waals surface area contributed by atoms with Crippen molar-refractivity contribution in [2.24, 2.45) is 0 Å². The van der Waals surface area contributed by atoms with Crippen molar-refractivity contribution in [1.82, 2.24) is 9.38 Å². The van der Waals surface area contributed by atoms with Crippen molar-refractivity contribution in [3.63, 3.8) is 0 Å². The van der Waals surface area contributed by atoms with Gasteiger partial charge in [0.25, 0.3) is 5.56 Å². The Labute approximate surface area is 149 Å². The third-order valence-electron chi connectivity index (χ3n) is 4.13. The molecule has 0 radical (unpaired) electrons. The maximum atomic E-state index is 12.8. The van der Waals surface area contributed by atoms with E-state index < -0.39 is 0 Å². The minimum atomic E-state index is -0.111. The lowest BCUT2D eigenvalue weighted by Crippen LogP contribution is -2.22. The van der Waals surface area contributed by atoms with E-state index in [9.17, 15) is 9.90 Å². The second-order valence-electron chi connectivity index (χ2n) is 5.77. The molecule has 0 saturated carbocycles. The van der Waals surface area contributed by atoms with Crippen molar-refractivity contribution in [1.29, 1.82) is 0 Å². The van der Waals surface area contributed by atoms with Crippen LogP contribution < -0.4 is 10.1 Å². The van der Waals surface area contributed by atoms with Crippen LogP contribution in [0.15, 0.2) is 39.6 Å². The quantitative estimate of drug-likeness (QED) is 0.531. The number of aryl methyl sites for hydroxylation is 2. The van der Waals surface area contributed by atoms with E-state index in [0.717, 1.165) is 26.6 Å². The van der Waals surface area contributed by atoms with E-state index in [0.29, 0.717) is 15.1 Å². The largest absolute Gasteiger partial charge is 0.507 e. The number of phenols is 1. The normalized spacial score (nSPS) is 12.5. The van der Waals surface area contributed by atoms with E-state index in [2.05, 4.69) is 20.9 Å². The van der Waals surface area contributed by atoms with Crippen LogP contribution >= 0.6 is 27.3 Å². The molecule has 120 valence electrons. The van der Waals surface area contributed by atoms with Crippen molar-refractivity contribution in [3.05, 3.63) is 66.4 Å². The summed E-state index contributed by atoms with van der Waals surface area (Å²) >= 11 is 4.71. The predicted octanol–water partition coefficient (Wildman–Crippen LogP) is 3.54. The van der Waals surface area contributed by atoms with Crippen LogP contribution in [0.1, 0.15) is 16.7 Å². The van der Waals surface area contributed by atoms with Gasteiger partial charge in [0.1, 0.15) is 5.75 Å². The molecule has 0 aliphatic carbocycles. The fourth-order valence-electron chi connectivity index (χ4n) is 2.70. The second-order valence-corrected chi connectivity index (χ2v) is 7.70. The zero-order chi connectivity index (χ0) is 17.0. The number of imidazole rings is 1. The van der Waals surface area contributed by atoms with Gasteiger partial charge < -0.3 is 5.11 Å². The summed E-state index contributed by atoms with van der Waals surface area (Å²) < 4.78 is 3.04. The number of rotatable bonds is 1. The highest BCUT2D eigenvalue weighted by molar-refractivity contribution is 9.10. The molecule has 0 atom stereocenters. The minimum absolute atomic E-state index is 0.111. The first-order chi connectivity index (χ1) is 11.4. The Kier molecular flexibility index (Phi) is 3.47. The molecular weight excluding hydrogens is 388 g/mol. The molecule has 0 unspecified atom stereocenters. The second kappa shape index (κ2) is 5.43. The molecule has 4 aromatic rings. The Morgan fingerprint density at radius 3 is 2.75 bits per heavy atom. The Morgan fingerprint density at radius 2 is 1.96 bits per heavy atom. The van der Waals surface area contributed by atoms with Gasteiger partial charge >= 0.3 is 0 Å². The van der Waals surface area contributed by atoms with Gasteiger partial charge in [0.2, 0.25) is 0 Å². The molecule has 0 aliphatic heterocycles. The maximum Gasteiger partial charge on any atom is 0.274 e. The van der Waals surface area contributed by atoms with Crippen molar-refractivity contribution in [2.75, 3.05) is 0 Å². The minimum Gasteiger partial charge on any atom is -0.507 e. The lowest BCUT2D eigenvalue weighted by Gasteiger charge is -1.99. The summed E-state index contributed by atoms with van der Waals surface area (Å²) in [6.07, 6.45) is 1.70. The predicted molar refractivity (Wildman–Crippen MR) is 101 cm³/mol. The van der Waals surface area contributed by atoms with Gasteiger partial charge in [-0.2, -0.15) is 0 Å². The molecule has 2 aromatic heterocycles. The Hall–Kier alpha value is -2.18. The lowest BCUT2D eigenvalue weighted by atomic mass is 10.1. The fraction of sp³-hybridized carbons (Fsp3) is 0.111. The molecule has 4 rings (SSSR count). The van der Waals surface area contributed by atoms with E-state index in [1.165, 1.54) is 11.3 Å². The van der Waals surface area contributed by atoms with Gasteiger partial charge in [0.15, 0.2) is 4.96 Å². The number of halogens is 1. The van der Waals surface area contributed by atoms with Gasteiger partial charge in [-0.05, 0) is 61.4 Å². The monoisotopic (exact) mass is 400 g/mol. The van der Waals surface area contributed by atoms with Crippen LogP contribution in [0.25, 0.3) is 22.1 Å². The van der Waals surface area contributed by atoms with Crippen LogP contribution in [-0.2, 0) is 0 Å². The number of hydrogen-bond donors (Lipinski definition) is 1. The highest BCUT2D eigenvalue weighted by Crippen LogP contribution is 2.23. The summed E-state index contributed by atoms with van der Waals surface area (Å²) in [7, 11) is 0. The van der Waals surface area contributed by atoms with Crippen molar-refractivity contribution in [2.45, 2.75) is 13.8 Å². The number of nitrogens with zero attached hydrogens (tertiary/aromatic N) is 2. The molecule has 0 aliphatic rings. The average Bonchev–Trinajstić information content (AvgIpc) is 3.01. The standard InChI is InChI=1S/C18H13BrN2O2S/c1-9-5-13-14(6-10(9)2)21-17(23)16(24-18(21)20-13)8-11-7-12(19)3-4-15(11)22/h3-8,22H,1-2H3. The summed E-state index contributed by atoms with van der Waals surface area (Å²) in [5.41, 5.74) is 4.44. The number of thiazole rings is 1. The average molecular weight is 401 g/mol. The molecular formula is C18H13BrN2O2S. The zero-order valence-electron chi connectivity index (χ0n) is 13.0. The third kappa shape index (κ3) is 2.34. The first-order valence-corrected chi connectivity index (χ1v) is 8.97. The van der Waals surface area contributed by atoms with E-state index in [4.69, 9.17) is 0 Å². The summed E-state index contributed by atoms with van der Waals surface area (Å²) in [6.45, 7) is 4.06. The van der Waals surface area contributed by atoms with Crippen LogP contribution in [0.3, 0.4) is 0 Å². The summed E-state index contributed by atoms with van der Waals surface area (Å²) in [5, 5.41) is 9.98. The van der Waals surface area contributed by atoms with Gasteiger partial charge in [-0.1, -0.05) is 27.3 Å². The van der Waals surface area contributed by atoms with Crippen LogP contribution in [0, 0.1) is 13.8 Å². The molecule has 6 heteroatoms. The smallest absolute Gasteiger partial charge is 0.274 e. The van der Waals surface area contributed by atoms with Gasteiger partial charge in [0, 0.05) is 10.0 Å². The molecule has 24 heavy (non-hydrogen) atoms. The van der Waals surface area contributed by atoms with Crippen molar-refractivity contribution in [3.8, 4) is 5.75 Å². The van der Waals surface area contributed by atoms with Crippen molar-refractivity contribution >= 4 is 49.3 Å². The molecule has 2 aromatic carbocycles. The fourth-order valence-corrected chi connectivity index (χ4v) is 4.06. The molecule has 0 saturated heterocycles. The molecule has 0 spiro atoms. The van der Waals surface area contributed by atoms with Crippen LogP contribution in [0.5, 0.6) is 5.75 Å². The number of aromatic nitrogens is 2. The third-order valence-corrected chi connectivity index (χ3v) is 5.59. The Bertz CT molecular complexity index is 1220. The number of benzene rings is 2. The molecule has 0 fully saturated rings. The molecule has 1 N–H and O–H groups in total. The highest BCUT2D eigenvalue weighted by atomic mass is 79.9. The van der Waals surface area contributed by atoms with Crippen LogP contribution in [0.2, 0.25) is 0 Å². The van der Waals surface area contributed by atoms with E-state index in [1.54, 1.807) is 28.7 Å². The highest BCUT2D eigenvalue weighted by Gasteiger charge is 2.12. The summed E-state index contributed by atoms with van der Waals surface area (Å²) in [5.74, 6) is 0.139. The summed E-state index contributed by atoms with van der Waals surface area (Å²) in [4.78, 5) is 18.0. The van der Waals surface area contributed by atoms with Gasteiger partial charge in [-0.25, -0.2) is 9.38 Å². The Morgan fingerprint density at radius 1 is 1.21 bits per heavy atom. The molecule has 4 nitrogen and oxygen atoms in total. The van der Waals surface area contributed by atoms with Gasteiger partial charge in [-0.3, -0.25) is 4.79 Å². The van der Waals surface area contributed by atoms with E-state index in [1.807, 2.05) is 26.0 Å². The van der Waals surface area contributed by atoms with E-state index in [-0.39, 0.29) is 11.3 Å². The molecule has 2 heterocycles. The van der Waals surface area contributed by atoms with Gasteiger partial charge in [-0.15, -0.1) is 0 Å². The van der Waals surface area contributed by atoms with Crippen LogP contribution in [-0.4, -0.2) is 14.5 Å². The molecule has 0 amide bonds. The van der Waals surface area contributed by atoms with Gasteiger partial charge in [0.05, 0.1) is 15.6 Å². The molecule has 0 bridgehead atoms. The first-order valence-electron chi connectivity index (χ1n) is 7.36. The van der Waals surface area contributed by atoms with Crippen molar-refractivity contribution < 1.29 is 5.11 Å². The lowest BCUT2D eigenvalue weighted by molar-refractivity contribution is 0.474. The number of hydrogen-bond acceptors (Lipinski definition) is 4. The van der Waals surface area contributed by atoms with E-state index >= 15 is 0 Å². The number of fused-ring (bicyclic) bond motifs is 3. The summed E-state index contributed by atoms with van der Waals surface area (Å²) in [6, 6.07) is 9.14. The SMILES string of the molecule is Cc1cc2nc3sc(=Cc4cc(Br)ccc4O)c(=O)n3c2cc1C. The topological polar surface area (TPSA) is 54.6 Å². The number of aromatic hydroxyl groups is 1. The Balaban J connectivity index is 2.03. The number of phenolic OH excluding ortho intramolecular Hbond substituents is 1.